The first-order valence-corrected chi connectivity index (χ1v) is 14.3. The molecule has 7 N–H and O–H groups in total. The molecule has 0 bridgehead atoms. The molecule has 44 heavy (non-hydrogen) atoms. The normalized spacial score (nSPS) is 44.0. The van der Waals surface area contributed by atoms with Gasteiger partial charge in [0.05, 0.1) is 19.8 Å². The van der Waals surface area contributed by atoms with Crippen molar-refractivity contribution < 1.29 is 87.9 Å². The third-order valence-electron chi connectivity index (χ3n) is 7.72. The molecule has 3 heterocycles. The van der Waals surface area contributed by atoms with Crippen LogP contribution < -0.4 is 0 Å². The van der Waals surface area contributed by atoms with Crippen molar-refractivity contribution in [3.8, 4) is 0 Å². The summed E-state index contributed by atoms with van der Waals surface area (Å²) >= 11 is 0. The van der Waals surface area contributed by atoms with Gasteiger partial charge in [0, 0.05) is 28.4 Å². The second kappa shape index (κ2) is 18.0. The van der Waals surface area contributed by atoms with Crippen LogP contribution in [-0.2, 0) is 52.1 Å². The van der Waals surface area contributed by atoms with E-state index in [9.17, 15) is 30.6 Å². The summed E-state index contributed by atoms with van der Waals surface area (Å²) in [6, 6.07) is 0. The molecule has 18 nitrogen and oxygen atoms in total. The Hall–Kier alpha value is -0.720. The summed E-state index contributed by atoms with van der Waals surface area (Å²) in [6.45, 7) is 0.524. The minimum atomic E-state index is -1.73. The summed E-state index contributed by atoms with van der Waals surface area (Å²) < 4.78 is 61.7. The van der Waals surface area contributed by atoms with Gasteiger partial charge in [-0.05, 0) is 6.42 Å². The Morgan fingerprint density at radius 2 is 1.16 bits per heavy atom. The zero-order valence-electron chi connectivity index (χ0n) is 25.4. The fraction of sp³-hybridized carbons (Fsp3) is 1.00. The van der Waals surface area contributed by atoms with Gasteiger partial charge >= 0.3 is 0 Å². The summed E-state index contributed by atoms with van der Waals surface area (Å²) in [6.07, 6.45) is -21.4. The quantitative estimate of drug-likeness (QED) is 0.0784. The van der Waals surface area contributed by atoms with Crippen molar-refractivity contribution in [3.63, 3.8) is 0 Å². The Bertz CT molecular complexity index is 807. The lowest BCUT2D eigenvalue weighted by Crippen LogP contribution is -2.67. The number of hydrogen-bond acceptors (Lipinski definition) is 18. The topological polar surface area (TPSA) is 243 Å². The zero-order valence-corrected chi connectivity index (χ0v) is 25.4. The molecular weight excluding hydrogens is 600 g/mol. The molecule has 16 unspecified atom stereocenters. The van der Waals surface area contributed by atoms with Crippen LogP contribution >= 0.6 is 0 Å². The average molecular weight is 649 g/mol. The van der Waals surface area contributed by atoms with Crippen molar-refractivity contribution in [2.75, 3.05) is 55.1 Å². The molecule has 3 rings (SSSR count). The van der Waals surface area contributed by atoms with E-state index in [0.717, 1.165) is 0 Å². The highest BCUT2D eigenvalue weighted by molar-refractivity contribution is 4.97. The smallest absolute Gasteiger partial charge is 0.187 e. The summed E-state index contributed by atoms with van der Waals surface area (Å²) in [5.74, 6) is 0. The van der Waals surface area contributed by atoms with Crippen LogP contribution in [0.4, 0.5) is 0 Å². The van der Waals surface area contributed by atoms with Crippen LogP contribution in [0.5, 0.6) is 0 Å². The van der Waals surface area contributed by atoms with Crippen molar-refractivity contribution in [3.05, 3.63) is 0 Å². The van der Waals surface area contributed by atoms with Crippen LogP contribution in [0, 0.1) is 0 Å². The van der Waals surface area contributed by atoms with E-state index in [-0.39, 0.29) is 19.8 Å². The van der Waals surface area contributed by atoms with E-state index in [1.165, 1.54) is 28.4 Å². The van der Waals surface area contributed by atoms with Crippen molar-refractivity contribution in [1.82, 2.24) is 0 Å². The molecule has 0 spiro atoms. The van der Waals surface area contributed by atoms with Gasteiger partial charge in [-0.15, -0.1) is 0 Å². The number of methoxy groups -OCH3 is 4. The molecule has 3 saturated heterocycles. The predicted octanol–water partition coefficient (Wildman–Crippen LogP) is -4.23. The summed E-state index contributed by atoms with van der Waals surface area (Å²) in [4.78, 5) is 0. The number of ether oxygens (including phenoxy) is 11. The molecule has 3 aliphatic rings. The largest absolute Gasteiger partial charge is 0.387 e. The van der Waals surface area contributed by atoms with Crippen LogP contribution in [0.25, 0.3) is 0 Å². The third kappa shape index (κ3) is 8.79. The second-order valence-electron chi connectivity index (χ2n) is 10.6. The van der Waals surface area contributed by atoms with E-state index in [1.54, 1.807) is 6.92 Å². The van der Waals surface area contributed by atoms with Gasteiger partial charge in [0.1, 0.15) is 80.0 Å². The average Bonchev–Trinajstić information content (AvgIpc) is 3.01. The van der Waals surface area contributed by atoms with Gasteiger partial charge in [-0.1, -0.05) is 6.92 Å². The van der Waals surface area contributed by atoms with Gasteiger partial charge < -0.3 is 87.9 Å². The standard InChI is InChI=1S/C26H48O18/c1-6-14(36-4)42-23-19(32)21(44-25-22(37-5)16(29)15(28)11(40-25)9-38-10-27)13(8-35-3)41-26(23)43-20-12(7-34-2)39-24(33)18(31)17(20)30/h11-33H,6-10H2,1-5H3. The zero-order chi connectivity index (χ0) is 32.6. The molecule has 0 aromatic heterocycles. The van der Waals surface area contributed by atoms with E-state index in [0.29, 0.717) is 6.42 Å². The molecule has 0 aromatic carbocycles. The Kier molecular flexibility index (Phi) is 15.4. The van der Waals surface area contributed by atoms with Crippen LogP contribution in [0.1, 0.15) is 13.3 Å². The molecule has 18 heteroatoms. The fourth-order valence-electron chi connectivity index (χ4n) is 5.38. The molecule has 0 aliphatic carbocycles. The summed E-state index contributed by atoms with van der Waals surface area (Å²) in [5.41, 5.74) is 0. The highest BCUT2D eigenvalue weighted by Crippen LogP contribution is 2.34. The lowest BCUT2D eigenvalue weighted by Gasteiger charge is -2.49. The molecule has 0 amide bonds. The first-order chi connectivity index (χ1) is 21.1. The fourth-order valence-corrected chi connectivity index (χ4v) is 5.38. The van der Waals surface area contributed by atoms with Crippen molar-refractivity contribution in [1.29, 1.82) is 0 Å². The predicted molar refractivity (Wildman–Crippen MR) is 142 cm³/mol. The maximum Gasteiger partial charge on any atom is 0.187 e. The van der Waals surface area contributed by atoms with E-state index in [4.69, 9.17) is 57.2 Å². The van der Waals surface area contributed by atoms with Gasteiger partial charge in [0.15, 0.2) is 25.2 Å². The maximum atomic E-state index is 11.7. The second-order valence-corrected chi connectivity index (χ2v) is 10.6. The number of hydrogen-bond donors (Lipinski definition) is 7. The lowest BCUT2D eigenvalue weighted by molar-refractivity contribution is -0.390. The summed E-state index contributed by atoms with van der Waals surface area (Å²) in [7, 11) is 5.42. The van der Waals surface area contributed by atoms with Gasteiger partial charge in [0.2, 0.25) is 0 Å². The minimum absolute atomic E-state index is 0.137. The molecule has 16 atom stereocenters. The highest BCUT2D eigenvalue weighted by Gasteiger charge is 2.55. The first-order valence-electron chi connectivity index (χ1n) is 14.3. The van der Waals surface area contributed by atoms with Gasteiger partial charge in [0.25, 0.3) is 0 Å². The van der Waals surface area contributed by atoms with Crippen LogP contribution in [0.2, 0.25) is 0 Å². The summed E-state index contributed by atoms with van der Waals surface area (Å²) in [5, 5.41) is 73.1. The van der Waals surface area contributed by atoms with E-state index >= 15 is 0 Å². The molecule has 260 valence electrons. The van der Waals surface area contributed by atoms with Crippen molar-refractivity contribution in [2.45, 2.75) is 112 Å². The minimum Gasteiger partial charge on any atom is -0.387 e. The first kappa shape index (κ1) is 37.7. The maximum absolute atomic E-state index is 11.7. The Morgan fingerprint density at radius 3 is 1.70 bits per heavy atom. The van der Waals surface area contributed by atoms with E-state index in [1.807, 2.05) is 0 Å². The third-order valence-corrected chi connectivity index (χ3v) is 7.72. The number of aliphatic hydroxyl groups is 7. The van der Waals surface area contributed by atoms with Crippen molar-refractivity contribution in [2.24, 2.45) is 0 Å². The molecule has 0 aromatic rings. The lowest BCUT2D eigenvalue weighted by atomic mass is 9.95. The molecule has 0 radical (unpaired) electrons. The molecule has 0 saturated carbocycles. The van der Waals surface area contributed by atoms with Gasteiger partial charge in [-0.2, -0.15) is 0 Å². The van der Waals surface area contributed by atoms with Crippen LogP contribution in [0.15, 0.2) is 0 Å². The van der Waals surface area contributed by atoms with Crippen LogP contribution in [0.3, 0.4) is 0 Å². The monoisotopic (exact) mass is 648 g/mol. The molecule has 3 aliphatic heterocycles. The SMILES string of the molecule is CCC(OC)OC1C(OC2C(COC)OC(O)C(O)C2O)OC(COC)C(OC2OC(COCO)C(O)C(O)C2OC)C1O. The Morgan fingerprint density at radius 1 is 0.614 bits per heavy atom. The van der Waals surface area contributed by atoms with Crippen LogP contribution in [-0.4, -0.2) is 189 Å². The van der Waals surface area contributed by atoms with Gasteiger partial charge in [-0.25, -0.2) is 0 Å². The molecular formula is C26H48O18. The number of rotatable bonds is 16. The van der Waals surface area contributed by atoms with Gasteiger partial charge in [-0.3, -0.25) is 0 Å². The highest BCUT2D eigenvalue weighted by atomic mass is 16.8. The number of aliphatic hydroxyl groups excluding tert-OH is 7. The van der Waals surface area contributed by atoms with E-state index in [2.05, 4.69) is 0 Å². The Balaban J connectivity index is 1.92. The van der Waals surface area contributed by atoms with E-state index < -0.39 is 105 Å². The Labute approximate surface area is 255 Å². The van der Waals surface area contributed by atoms with Crippen molar-refractivity contribution >= 4 is 0 Å². The molecule has 3 fully saturated rings.